The molecule has 0 aliphatic rings. The van der Waals surface area contributed by atoms with E-state index in [0.29, 0.717) is 12.1 Å². The molecule has 0 spiro atoms. The molecule has 0 radical (unpaired) electrons. The molecule has 0 bridgehead atoms. The lowest BCUT2D eigenvalue weighted by Gasteiger charge is -2.09. The molecular formula is C24H21FN4OS. The molecule has 156 valence electrons. The molecule has 0 fully saturated rings. The number of hydrogen-bond acceptors (Lipinski definition) is 4. The lowest BCUT2D eigenvalue weighted by molar-refractivity contribution is -0.118. The third-order valence-corrected chi connectivity index (χ3v) is 5.66. The summed E-state index contributed by atoms with van der Waals surface area (Å²) in [4.78, 5) is 16.9. The average molecular weight is 433 g/mol. The fourth-order valence-corrected chi connectivity index (χ4v) is 3.89. The number of thioether (sulfide) groups is 1. The highest BCUT2D eigenvalue weighted by molar-refractivity contribution is 7.99. The van der Waals surface area contributed by atoms with Gasteiger partial charge in [-0.25, -0.2) is 14.8 Å². The molecule has 1 aromatic heterocycles. The third kappa shape index (κ3) is 5.38. The van der Waals surface area contributed by atoms with Crippen LogP contribution in [0.4, 0.5) is 4.39 Å². The van der Waals surface area contributed by atoms with Gasteiger partial charge in [-0.15, -0.1) is 0 Å². The summed E-state index contributed by atoms with van der Waals surface area (Å²) in [5.74, 6) is -0.374. The van der Waals surface area contributed by atoms with E-state index in [1.165, 1.54) is 41.2 Å². The van der Waals surface area contributed by atoms with Crippen LogP contribution in [0.1, 0.15) is 16.7 Å². The van der Waals surface area contributed by atoms with Crippen molar-refractivity contribution in [1.82, 2.24) is 15.0 Å². The van der Waals surface area contributed by atoms with Crippen LogP contribution in [0, 0.1) is 12.7 Å². The lowest BCUT2D eigenvalue weighted by atomic mass is 10.1. The van der Waals surface area contributed by atoms with E-state index in [1.54, 1.807) is 12.1 Å². The van der Waals surface area contributed by atoms with Gasteiger partial charge in [0.1, 0.15) is 5.82 Å². The number of nitrogens with one attached hydrogen (secondary N) is 1. The molecule has 4 aromatic rings. The van der Waals surface area contributed by atoms with Gasteiger partial charge in [-0.05, 0) is 42.3 Å². The molecule has 0 saturated carbocycles. The Labute approximate surface area is 184 Å². The highest BCUT2D eigenvalue weighted by atomic mass is 32.2. The second kappa shape index (κ2) is 9.57. The van der Waals surface area contributed by atoms with Crippen LogP contribution in [0.25, 0.3) is 11.0 Å². The first-order valence-corrected chi connectivity index (χ1v) is 10.8. The lowest BCUT2D eigenvalue weighted by Crippen LogP contribution is -2.20. The molecule has 0 saturated heterocycles. The quantitative estimate of drug-likeness (QED) is 0.260. The maximum Gasteiger partial charge on any atom is 0.250 e. The molecule has 4 rings (SSSR count). The van der Waals surface area contributed by atoms with Crippen LogP contribution in [0.5, 0.6) is 0 Å². The fourth-order valence-electron chi connectivity index (χ4n) is 3.08. The van der Waals surface area contributed by atoms with Gasteiger partial charge in [-0.2, -0.15) is 5.10 Å². The van der Waals surface area contributed by atoms with Crippen molar-refractivity contribution in [3.63, 3.8) is 0 Å². The van der Waals surface area contributed by atoms with Gasteiger partial charge in [0.05, 0.1) is 29.5 Å². The number of nitrogens with zero attached hydrogens (tertiary/aromatic N) is 3. The summed E-state index contributed by atoms with van der Waals surface area (Å²) < 4.78 is 15.1. The van der Waals surface area contributed by atoms with E-state index in [0.717, 1.165) is 16.2 Å². The Morgan fingerprint density at radius 3 is 2.61 bits per heavy atom. The molecular weight excluding hydrogens is 411 g/mol. The van der Waals surface area contributed by atoms with Crippen molar-refractivity contribution >= 4 is 34.9 Å². The first-order valence-electron chi connectivity index (χ1n) is 9.79. The number of carbonyl (C=O) groups excluding carboxylic acids is 1. The zero-order valence-electron chi connectivity index (χ0n) is 17.0. The second-order valence-corrected chi connectivity index (χ2v) is 8.03. The molecule has 7 heteroatoms. The fraction of sp³-hybridized carbons (Fsp3) is 0.125. The predicted molar refractivity (Wildman–Crippen MR) is 123 cm³/mol. The number of carbonyl (C=O) groups is 1. The first-order chi connectivity index (χ1) is 15.1. The van der Waals surface area contributed by atoms with E-state index >= 15 is 0 Å². The number of halogens is 1. The Hall–Kier alpha value is -3.45. The van der Waals surface area contributed by atoms with Crippen LogP contribution in [0.15, 0.2) is 83.1 Å². The monoisotopic (exact) mass is 432 g/mol. The van der Waals surface area contributed by atoms with E-state index in [-0.39, 0.29) is 17.5 Å². The Kier molecular flexibility index (Phi) is 6.43. The number of para-hydroxylation sites is 2. The minimum Gasteiger partial charge on any atom is -0.314 e. The van der Waals surface area contributed by atoms with Gasteiger partial charge in [0.15, 0.2) is 5.16 Å². The van der Waals surface area contributed by atoms with E-state index in [4.69, 9.17) is 4.98 Å². The highest BCUT2D eigenvalue weighted by Crippen LogP contribution is 2.25. The maximum atomic E-state index is 12.9. The second-order valence-electron chi connectivity index (χ2n) is 7.09. The minimum absolute atomic E-state index is 0.179. The van der Waals surface area contributed by atoms with Crippen LogP contribution in [-0.4, -0.2) is 27.4 Å². The normalized spacial score (nSPS) is 11.3. The first kappa shape index (κ1) is 20.8. The number of imidazole rings is 1. The topological polar surface area (TPSA) is 59.3 Å². The smallest absolute Gasteiger partial charge is 0.250 e. The van der Waals surface area contributed by atoms with E-state index in [2.05, 4.69) is 46.3 Å². The third-order valence-electron chi connectivity index (χ3n) is 4.69. The molecule has 31 heavy (non-hydrogen) atoms. The Bertz CT molecular complexity index is 1220. The Morgan fingerprint density at radius 1 is 1.10 bits per heavy atom. The molecule has 0 atom stereocenters. The van der Waals surface area contributed by atoms with Crippen molar-refractivity contribution in [2.75, 3.05) is 5.75 Å². The van der Waals surface area contributed by atoms with Crippen LogP contribution >= 0.6 is 11.8 Å². The molecule has 0 unspecified atom stereocenters. The number of hydrazone groups is 1. The number of fused-ring (bicyclic) bond motifs is 1. The van der Waals surface area contributed by atoms with Gasteiger partial charge < -0.3 is 4.57 Å². The Morgan fingerprint density at radius 2 is 1.84 bits per heavy atom. The van der Waals surface area contributed by atoms with Gasteiger partial charge >= 0.3 is 0 Å². The minimum atomic E-state index is -0.314. The summed E-state index contributed by atoms with van der Waals surface area (Å²) in [6, 6.07) is 22.2. The number of benzene rings is 3. The summed E-state index contributed by atoms with van der Waals surface area (Å²) in [5.41, 5.74) is 7.52. The van der Waals surface area contributed by atoms with Crippen LogP contribution < -0.4 is 5.43 Å². The SMILES string of the molecule is Cc1ccc(Cn2c(SCC(=O)NN=Cc3ccc(F)cc3)nc3ccccc32)cc1. The van der Waals surface area contributed by atoms with E-state index in [9.17, 15) is 9.18 Å². The zero-order valence-corrected chi connectivity index (χ0v) is 17.8. The van der Waals surface area contributed by atoms with E-state index in [1.807, 2.05) is 24.3 Å². The van der Waals surface area contributed by atoms with Crippen LogP contribution in [0.3, 0.4) is 0 Å². The summed E-state index contributed by atoms with van der Waals surface area (Å²) in [6.07, 6.45) is 1.48. The summed E-state index contributed by atoms with van der Waals surface area (Å²) in [5, 5.41) is 4.71. The highest BCUT2D eigenvalue weighted by Gasteiger charge is 2.13. The van der Waals surface area contributed by atoms with Gasteiger partial charge in [0, 0.05) is 0 Å². The molecule has 1 amide bonds. The van der Waals surface area contributed by atoms with Crippen LogP contribution in [-0.2, 0) is 11.3 Å². The zero-order chi connectivity index (χ0) is 21.6. The molecule has 0 aliphatic heterocycles. The van der Waals surface area contributed by atoms with Gasteiger partial charge in [0.2, 0.25) is 0 Å². The summed E-state index contributed by atoms with van der Waals surface area (Å²) in [6.45, 7) is 2.74. The Balaban J connectivity index is 1.44. The summed E-state index contributed by atoms with van der Waals surface area (Å²) >= 11 is 1.37. The number of aromatic nitrogens is 2. The van der Waals surface area contributed by atoms with Crippen molar-refractivity contribution < 1.29 is 9.18 Å². The molecule has 1 N–H and O–H groups in total. The van der Waals surface area contributed by atoms with Gasteiger partial charge in [-0.3, -0.25) is 4.79 Å². The molecule has 1 heterocycles. The van der Waals surface area contributed by atoms with Crippen molar-refractivity contribution in [3.05, 3.63) is 95.3 Å². The van der Waals surface area contributed by atoms with Crippen molar-refractivity contribution in [2.45, 2.75) is 18.6 Å². The molecule has 0 aliphatic carbocycles. The average Bonchev–Trinajstić information content (AvgIpc) is 3.12. The number of amides is 1. The largest absolute Gasteiger partial charge is 0.314 e. The number of aryl methyl sites for hydroxylation is 1. The van der Waals surface area contributed by atoms with Gasteiger partial charge in [0.25, 0.3) is 5.91 Å². The standard InChI is InChI=1S/C24H21FN4OS/c1-17-6-8-19(9-7-17)15-29-22-5-3-2-4-21(22)27-24(29)31-16-23(30)28-26-14-18-10-12-20(25)13-11-18/h2-14H,15-16H2,1H3,(H,28,30). The van der Waals surface area contributed by atoms with Crippen LogP contribution in [0.2, 0.25) is 0 Å². The molecule has 5 nitrogen and oxygen atoms in total. The van der Waals surface area contributed by atoms with Gasteiger partial charge in [-0.1, -0.05) is 65.9 Å². The van der Waals surface area contributed by atoms with Crippen molar-refractivity contribution in [1.29, 1.82) is 0 Å². The number of rotatable bonds is 7. The number of hydrogen-bond donors (Lipinski definition) is 1. The maximum absolute atomic E-state index is 12.9. The predicted octanol–water partition coefficient (Wildman–Crippen LogP) is 4.77. The summed E-state index contributed by atoms with van der Waals surface area (Å²) in [7, 11) is 0. The van der Waals surface area contributed by atoms with Crippen molar-refractivity contribution in [2.24, 2.45) is 5.10 Å². The van der Waals surface area contributed by atoms with E-state index < -0.39 is 0 Å². The molecule has 3 aromatic carbocycles. The van der Waals surface area contributed by atoms with Crippen molar-refractivity contribution in [3.8, 4) is 0 Å².